The quantitative estimate of drug-likeness (QED) is 0.784. The van der Waals surface area contributed by atoms with Crippen LogP contribution in [0.4, 0.5) is 0 Å². The Morgan fingerprint density at radius 2 is 2.00 bits per heavy atom. The van der Waals surface area contributed by atoms with Gasteiger partial charge in [-0.25, -0.2) is 0 Å². The third-order valence-corrected chi connectivity index (χ3v) is 4.08. The average Bonchev–Trinajstić information content (AvgIpc) is 2.88. The van der Waals surface area contributed by atoms with Crippen molar-refractivity contribution in [1.29, 1.82) is 0 Å². The number of hydrogen-bond acceptors (Lipinski definition) is 2. The van der Waals surface area contributed by atoms with Crippen LogP contribution in [0.2, 0.25) is 0 Å². The highest BCUT2D eigenvalue weighted by molar-refractivity contribution is 5.97. The van der Waals surface area contributed by atoms with Gasteiger partial charge in [0.15, 0.2) is 5.78 Å². The van der Waals surface area contributed by atoms with Gasteiger partial charge in [-0.15, -0.1) is 0 Å². The molecule has 2 atom stereocenters. The predicted molar refractivity (Wildman–Crippen MR) is 83.9 cm³/mol. The zero-order chi connectivity index (χ0) is 14.8. The summed E-state index contributed by atoms with van der Waals surface area (Å²) in [6.45, 7) is 4.09. The lowest BCUT2D eigenvalue weighted by Crippen LogP contribution is -2.22. The van der Waals surface area contributed by atoms with Crippen LogP contribution in [-0.2, 0) is 6.42 Å². The van der Waals surface area contributed by atoms with Crippen molar-refractivity contribution in [1.82, 2.24) is 0 Å². The number of carbonyl (C=O) groups excluding carboxylic acids is 1. The molecular weight excluding hydrogens is 260 g/mol. The maximum Gasteiger partial charge on any atom is 0.165 e. The van der Waals surface area contributed by atoms with Gasteiger partial charge in [-0.05, 0) is 25.0 Å². The molecule has 2 aromatic rings. The van der Waals surface area contributed by atoms with Gasteiger partial charge in [-0.2, -0.15) is 0 Å². The molecule has 2 nitrogen and oxygen atoms in total. The molecule has 0 bridgehead atoms. The maximum atomic E-state index is 12.4. The van der Waals surface area contributed by atoms with Crippen LogP contribution in [-0.4, -0.2) is 11.9 Å². The summed E-state index contributed by atoms with van der Waals surface area (Å²) in [7, 11) is 0. The Morgan fingerprint density at radius 1 is 1.24 bits per heavy atom. The van der Waals surface area contributed by atoms with Gasteiger partial charge < -0.3 is 4.74 Å². The molecule has 0 saturated heterocycles. The lowest BCUT2D eigenvalue weighted by Gasteiger charge is -2.15. The highest BCUT2D eigenvalue weighted by atomic mass is 16.5. The largest absolute Gasteiger partial charge is 0.490 e. The van der Waals surface area contributed by atoms with Crippen molar-refractivity contribution in [2.24, 2.45) is 5.92 Å². The monoisotopic (exact) mass is 280 g/mol. The number of ether oxygens (including phenoxy) is 1. The summed E-state index contributed by atoms with van der Waals surface area (Å²) in [4.78, 5) is 12.4. The van der Waals surface area contributed by atoms with E-state index < -0.39 is 0 Å². The number of hydrogen-bond donors (Lipinski definition) is 0. The Balaban J connectivity index is 1.65. The fourth-order valence-corrected chi connectivity index (χ4v) is 2.97. The van der Waals surface area contributed by atoms with Gasteiger partial charge in [0.2, 0.25) is 0 Å². The van der Waals surface area contributed by atoms with Gasteiger partial charge >= 0.3 is 0 Å². The van der Waals surface area contributed by atoms with Crippen LogP contribution in [0.5, 0.6) is 5.75 Å². The van der Waals surface area contributed by atoms with Gasteiger partial charge in [-0.3, -0.25) is 4.79 Å². The van der Waals surface area contributed by atoms with Crippen molar-refractivity contribution in [2.75, 3.05) is 0 Å². The Morgan fingerprint density at radius 3 is 2.76 bits per heavy atom. The molecule has 3 rings (SSSR count). The molecule has 0 N–H and O–H groups in total. The van der Waals surface area contributed by atoms with E-state index in [1.54, 1.807) is 0 Å². The van der Waals surface area contributed by atoms with Crippen LogP contribution in [0.25, 0.3) is 0 Å². The topological polar surface area (TPSA) is 26.3 Å². The number of carbonyl (C=O) groups is 1. The molecule has 2 aromatic carbocycles. The van der Waals surface area contributed by atoms with Gasteiger partial charge in [0.05, 0.1) is 0 Å². The Kier molecular flexibility index (Phi) is 3.78. The minimum Gasteiger partial charge on any atom is -0.490 e. The van der Waals surface area contributed by atoms with Crippen LogP contribution < -0.4 is 4.74 Å². The summed E-state index contributed by atoms with van der Waals surface area (Å²) in [5, 5.41) is 0. The van der Waals surface area contributed by atoms with Gasteiger partial charge in [0, 0.05) is 17.9 Å². The third-order valence-electron chi connectivity index (χ3n) is 4.08. The first-order valence-corrected chi connectivity index (χ1v) is 7.49. The van der Waals surface area contributed by atoms with Gasteiger partial charge in [0.25, 0.3) is 0 Å². The first-order chi connectivity index (χ1) is 10.1. The summed E-state index contributed by atoms with van der Waals surface area (Å²) in [6, 6.07) is 15.8. The van der Waals surface area contributed by atoms with Crippen LogP contribution in [0.1, 0.15) is 34.8 Å². The maximum absolute atomic E-state index is 12.4. The van der Waals surface area contributed by atoms with Crippen molar-refractivity contribution in [3.05, 3.63) is 65.2 Å². The zero-order valence-corrected chi connectivity index (χ0v) is 12.5. The van der Waals surface area contributed by atoms with Crippen molar-refractivity contribution in [3.8, 4) is 5.75 Å². The second-order valence-corrected chi connectivity index (χ2v) is 5.92. The molecule has 1 aliphatic rings. The van der Waals surface area contributed by atoms with E-state index in [-0.39, 0.29) is 17.8 Å². The standard InChI is InChI=1S/C19H20O2/c1-13-8-9-18-16(10-13)12-17(21-18)11-14(2)19(20)15-6-4-3-5-7-15/h3-10,14,17H,11-12H2,1-2H3. The van der Waals surface area contributed by atoms with Crippen molar-refractivity contribution >= 4 is 5.78 Å². The third kappa shape index (κ3) is 2.99. The second kappa shape index (κ2) is 5.72. The number of Topliss-reactive ketones (excluding diaryl/α,β-unsaturated/α-hetero) is 1. The summed E-state index contributed by atoms with van der Waals surface area (Å²) < 4.78 is 5.97. The van der Waals surface area contributed by atoms with E-state index in [0.29, 0.717) is 0 Å². The highest BCUT2D eigenvalue weighted by Crippen LogP contribution is 2.32. The molecule has 21 heavy (non-hydrogen) atoms. The minimum atomic E-state index is -0.0205. The molecule has 0 amide bonds. The Labute approximate surface area is 125 Å². The molecule has 1 aliphatic heterocycles. The van der Waals surface area contributed by atoms with E-state index in [4.69, 9.17) is 4.74 Å². The molecule has 0 aliphatic carbocycles. The molecule has 0 aromatic heterocycles. The molecule has 1 heterocycles. The average molecular weight is 280 g/mol. The second-order valence-electron chi connectivity index (χ2n) is 5.92. The van der Waals surface area contributed by atoms with Crippen LogP contribution >= 0.6 is 0 Å². The fraction of sp³-hybridized carbons (Fsp3) is 0.316. The number of ketones is 1. The summed E-state index contributed by atoms with van der Waals surface area (Å²) in [6.07, 6.45) is 1.79. The Hall–Kier alpha value is -2.09. The zero-order valence-electron chi connectivity index (χ0n) is 12.5. The van der Waals surface area contributed by atoms with E-state index in [0.717, 1.165) is 24.2 Å². The number of rotatable bonds is 4. The summed E-state index contributed by atoms with van der Waals surface area (Å²) in [5.74, 6) is 1.16. The van der Waals surface area contributed by atoms with Gasteiger partial charge in [-0.1, -0.05) is 55.0 Å². The fourth-order valence-electron chi connectivity index (χ4n) is 2.97. The van der Waals surface area contributed by atoms with Crippen molar-refractivity contribution in [2.45, 2.75) is 32.8 Å². The first kappa shape index (κ1) is 13.9. The van der Waals surface area contributed by atoms with Crippen LogP contribution in [0.15, 0.2) is 48.5 Å². The molecule has 108 valence electrons. The smallest absolute Gasteiger partial charge is 0.165 e. The molecule has 2 unspecified atom stereocenters. The number of benzene rings is 2. The van der Waals surface area contributed by atoms with E-state index in [1.165, 1.54) is 11.1 Å². The van der Waals surface area contributed by atoms with Crippen LogP contribution in [0, 0.1) is 12.8 Å². The first-order valence-electron chi connectivity index (χ1n) is 7.49. The van der Waals surface area contributed by atoms with Crippen molar-refractivity contribution in [3.63, 3.8) is 0 Å². The van der Waals surface area contributed by atoms with E-state index in [9.17, 15) is 4.79 Å². The molecule has 0 spiro atoms. The van der Waals surface area contributed by atoms with E-state index in [1.807, 2.05) is 43.3 Å². The summed E-state index contributed by atoms with van der Waals surface area (Å²) >= 11 is 0. The normalized spacial score (nSPS) is 17.9. The molecule has 2 heteroatoms. The number of fused-ring (bicyclic) bond motifs is 1. The van der Waals surface area contributed by atoms with Crippen LogP contribution in [0.3, 0.4) is 0 Å². The number of aryl methyl sites for hydroxylation is 1. The summed E-state index contributed by atoms with van der Waals surface area (Å²) in [5.41, 5.74) is 3.31. The lowest BCUT2D eigenvalue weighted by atomic mass is 9.92. The molecule has 0 radical (unpaired) electrons. The van der Waals surface area contributed by atoms with E-state index >= 15 is 0 Å². The SMILES string of the molecule is Cc1ccc2c(c1)CC(CC(C)C(=O)c1ccccc1)O2. The molecular formula is C19H20O2. The Bertz CT molecular complexity index is 646. The van der Waals surface area contributed by atoms with Gasteiger partial charge in [0.1, 0.15) is 11.9 Å². The molecule has 0 fully saturated rings. The van der Waals surface area contributed by atoms with E-state index in [2.05, 4.69) is 19.1 Å². The molecule has 0 saturated carbocycles. The minimum absolute atomic E-state index is 0.0205. The lowest BCUT2D eigenvalue weighted by molar-refractivity contribution is 0.0886. The predicted octanol–water partition coefficient (Wildman–Crippen LogP) is 4.21. The highest BCUT2D eigenvalue weighted by Gasteiger charge is 2.27. The van der Waals surface area contributed by atoms with Crippen molar-refractivity contribution < 1.29 is 9.53 Å².